The van der Waals surface area contributed by atoms with Crippen molar-refractivity contribution in [1.29, 1.82) is 0 Å². The molecule has 13 heavy (non-hydrogen) atoms. The highest BCUT2D eigenvalue weighted by Crippen LogP contribution is 2.15. The standard InChI is InChI=1S/C8H13BrO4/c1-5-6(2)12-8(4-11-5)13-7(10)3-9/h5-6,8H,3-4H2,1-2H3. The fraction of sp³-hybridized carbons (Fsp3) is 0.875. The summed E-state index contributed by atoms with van der Waals surface area (Å²) in [7, 11) is 0. The number of hydrogen-bond acceptors (Lipinski definition) is 4. The average molecular weight is 253 g/mol. The molecule has 0 aromatic heterocycles. The van der Waals surface area contributed by atoms with Crippen molar-refractivity contribution in [1.82, 2.24) is 0 Å². The molecule has 1 fully saturated rings. The molecule has 1 aliphatic rings. The van der Waals surface area contributed by atoms with Gasteiger partial charge in [0.2, 0.25) is 6.29 Å². The Morgan fingerprint density at radius 3 is 2.77 bits per heavy atom. The number of halogens is 1. The molecule has 3 atom stereocenters. The molecule has 76 valence electrons. The number of alkyl halides is 1. The SMILES string of the molecule is CC1OCC(OC(=O)CBr)OC1C. The smallest absolute Gasteiger partial charge is 0.318 e. The Balaban J connectivity index is 2.33. The third kappa shape index (κ3) is 3.25. The zero-order valence-electron chi connectivity index (χ0n) is 7.66. The summed E-state index contributed by atoms with van der Waals surface area (Å²) in [5.41, 5.74) is 0. The van der Waals surface area contributed by atoms with Gasteiger partial charge in [-0.3, -0.25) is 4.79 Å². The first-order chi connectivity index (χ1) is 6.13. The third-order valence-corrected chi connectivity index (χ3v) is 2.35. The molecular formula is C8H13BrO4. The molecular weight excluding hydrogens is 240 g/mol. The summed E-state index contributed by atoms with van der Waals surface area (Å²) in [6.45, 7) is 4.12. The summed E-state index contributed by atoms with van der Waals surface area (Å²) < 4.78 is 15.6. The lowest BCUT2D eigenvalue weighted by molar-refractivity contribution is -0.251. The van der Waals surface area contributed by atoms with E-state index in [1.165, 1.54) is 0 Å². The van der Waals surface area contributed by atoms with E-state index in [1.807, 2.05) is 13.8 Å². The quantitative estimate of drug-likeness (QED) is 0.545. The summed E-state index contributed by atoms with van der Waals surface area (Å²) in [6, 6.07) is 0. The van der Waals surface area contributed by atoms with Crippen LogP contribution in [0, 0.1) is 0 Å². The zero-order chi connectivity index (χ0) is 9.84. The molecule has 3 unspecified atom stereocenters. The van der Waals surface area contributed by atoms with Crippen LogP contribution in [0.25, 0.3) is 0 Å². The van der Waals surface area contributed by atoms with E-state index in [0.717, 1.165) is 0 Å². The molecule has 1 heterocycles. The van der Waals surface area contributed by atoms with Gasteiger partial charge in [0.1, 0.15) is 11.9 Å². The molecule has 0 aromatic rings. The Bertz CT molecular complexity index is 185. The number of hydrogen-bond donors (Lipinski definition) is 0. The van der Waals surface area contributed by atoms with Gasteiger partial charge in [-0.2, -0.15) is 0 Å². The predicted molar refractivity (Wildman–Crippen MR) is 49.6 cm³/mol. The van der Waals surface area contributed by atoms with E-state index in [2.05, 4.69) is 15.9 Å². The van der Waals surface area contributed by atoms with Crippen LogP contribution in [-0.4, -0.2) is 36.4 Å². The van der Waals surface area contributed by atoms with Crippen molar-refractivity contribution in [2.45, 2.75) is 32.3 Å². The van der Waals surface area contributed by atoms with Crippen LogP contribution >= 0.6 is 15.9 Å². The maximum absolute atomic E-state index is 10.9. The number of carbonyl (C=O) groups is 1. The van der Waals surface area contributed by atoms with Gasteiger partial charge in [-0.25, -0.2) is 0 Å². The van der Waals surface area contributed by atoms with Crippen molar-refractivity contribution in [3.8, 4) is 0 Å². The molecule has 1 aliphatic heterocycles. The average Bonchev–Trinajstić information content (AvgIpc) is 2.11. The highest BCUT2D eigenvalue weighted by Gasteiger charge is 2.27. The Kier molecular flexibility index (Phi) is 4.15. The van der Waals surface area contributed by atoms with Crippen LogP contribution in [0.2, 0.25) is 0 Å². The van der Waals surface area contributed by atoms with Crippen molar-refractivity contribution < 1.29 is 19.0 Å². The molecule has 0 spiro atoms. The second-order valence-electron chi connectivity index (χ2n) is 2.93. The predicted octanol–water partition coefficient (Wildman–Crippen LogP) is 1.07. The fourth-order valence-electron chi connectivity index (χ4n) is 0.995. The first-order valence-corrected chi connectivity index (χ1v) is 5.28. The highest BCUT2D eigenvalue weighted by atomic mass is 79.9. The monoisotopic (exact) mass is 252 g/mol. The Hall–Kier alpha value is -0.130. The van der Waals surface area contributed by atoms with Crippen molar-refractivity contribution in [2.24, 2.45) is 0 Å². The lowest BCUT2D eigenvalue weighted by Crippen LogP contribution is -2.42. The maximum Gasteiger partial charge on any atom is 0.318 e. The Morgan fingerprint density at radius 1 is 1.54 bits per heavy atom. The number of esters is 1. The van der Waals surface area contributed by atoms with Gasteiger partial charge in [0.15, 0.2) is 0 Å². The normalized spacial score (nSPS) is 34.2. The molecule has 0 amide bonds. The Morgan fingerprint density at radius 2 is 2.23 bits per heavy atom. The minimum Gasteiger partial charge on any atom is -0.433 e. The van der Waals surface area contributed by atoms with Gasteiger partial charge >= 0.3 is 5.97 Å². The first kappa shape index (κ1) is 10.9. The van der Waals surface area contributed by atoms with Gasteiger partial charge in [-0.1, -0.05) is 15.9 Å². The van der Waals surface area contributed by atoms with Crippen LogP contribution in [0.3, 0.4) is 0 Å². The van der Waals surface area contributed by atoms with Crippen LogP contribution in [0.15, 0.2) is 0 Å². The van der Waals surface area contributed by atoms with Gasteiger partial charge in [0.05, 0.1) is 12.2 Å². The van der Waals surface area contributed by atoms with Crippen molar-refractivity contribution in [2.75, 3.05) is 11.9 Å². The summed E-state index contributed by atoms with van der Waals surface area (Å²) in [4.78, 5) is 10.9. The third-order valence-electron chi connectivity index (χ3n) is 1.89. The van der Waals surface area contributed by atoms with Crippen LogP contribution in [0.4, 0.5) is 0 Å². The largest absolute Gasteiger partial charge is 0.433 e. The number of carbonyl (C=O) groups excluding carboxylic acids is 1. The van der Waals surface area contributed by atoms with Crippen LogP contribution < -0.4 is 0 Å². The van der Waals surface area contributed by atoms with E-state index in [0.29, 0.717) is 6.61 Å². The van der Waals surface area contributed by atoms with Crippen LogP contribution in [-0.2, 0) is 19.0 Å². The molecule has 1 rings (SSSR count). The van der Waals surface area contributed by atoms with Crippen molar-refractivity contribution in [3.63, 3.8) is 0 Å². The maximum atomic E-state index is 10.9. The van der Waals surface area contributed by atoms with Gasteiger partial charge in [-0.05, 0) is 13.8 Å². The topological polar surface area (TPSA) is 44.8 Å². The fourth-order valence-corrected chi connectivity index (χ4v) is 1.13. The van der Waals surface area contributed by atoms with E-state index in [4.69, 9.17) is 14.2 Å². The molecule has 0 radical (unpaired) electrons. The number of ether oxygens (including phenoxy) is 3. The van der Waals surface area contributed by atoms with Crippen molar-refractivity contribution >= 4 is 21.9 Å². The van der Waals surface area contributed by atoms with Crippen LogP contribution in [0.5, 0.6) is 0 Å². The van der Waals surface area contributed by atoms with Crippen molar-refractivity contribution in [3.05, 3.63) is 0 Å². The molecule has 4 nitrogen and oxygen atoms in total. The van der Waals surface area contributed by atoms with Gasteiger partial charge in [0, 0.05) is 0 Å². The molecule has 0 aromatic carbocycles. The zero-order valence-corrected chi connectivity index (χ0v) is 9.24. The lowest BCUT2D eigenvalue weighted by Gasteiger charge is -2.32. The van der Waals surface area contributed by atoms with E-state index >= 15 is 0 Å². The second kappa shape index (κ2) is 4.93. The Labute approximate surface area is 85.7 Å². The van der Waals surface area contributed by atoms with Gasteiger partial charge < -0.3 is 14.2 Å². The lowest BCUT2D eigenvalue weighted by atomic mass is 10.2. The highest BCUT2D eigenvalue weighted by molar-refractivity contribution is 9.09. The van der Waals surface area contributed by atoms with Gasteiger partial charge in [0.25, 0.3) is 0 Å². The molecule has 0 aliphatic carbocycles. The van der Waals surface area contributed by atoms with E-state index in [-0.39, 0.29) is 23.5 Å². The van der Waals surface area contributed by atoms with Crippen LogP contribution in [0.1, 0.15) is 13.8 Å². The molecule has 0 bridgehead atoms. The number of rotatable bonds is 2. The first-order valence-electron chi connectivity index (χ1n) is 4.16. The summed E-state index contributed by atoms with van der Waals surface area (Å²) in [5, 5.41) is 0.177. The minimum absolute atomic E-state index is 0.0399. The molecule has 0 saturated carbocycles. The van der Waals surface area contributed by atoms with Gasteiger partial charge in [-0.15, -0.1) is 0 Å². The minimum atomic E-state index is -0.559. The van der Waals surface area contributed by atoms with E-state index in [9.17, 15) is 4.79 Å². The van der Waals surface area contributed by atoms with E-state index < -0.39 is 6.29 Å². The summed E-state index contributed by atoms with van der Waals surface area (Å²) in [5.74, 6) is -0.338. The molecule has 5 heteroatoms. The summed E-state index contributed by atoms with van der Waals surface area (Å²) >= 11 is 3.00. The second-order valence-corrected chi connectivity index (χ2v) is 3.49. The molecule has 1 saturated heterocycles. The van der Waals surface area contributed by atoms with E-state index in [1.54, 1.807) is 0 Å². The summed E-state index contributed by atoms with van der Waals surface area (Å²) in [6.07, 6.45) is -0.544. The molecule has 0 N–H and O–H groups in total.